The first kappa shape index (κ1) is 23.5. The van der Waals surface area contributed by atoms with Gasteiger partial charge in [-0.05, 0) is 49.9 Å². The number of benzene rings is 1. The SMILES string of the molecule is Cc1csc(-c2cc(S(=O)(=O)NCc3cc(F)cc(F)c3)cn2CC(=O)N2CCCCC2)n1. The maximum absolute atomic E-state index is 13.4. The minimum atomic E-state index is -4.01. The van der Waals surface area contributed by atoms with E-state index in [-0.39, 0.29) is 29.5 Å². The molecule has 0 saturated carbocycles. The second-order valence-corrected chi connectivity index (χ2v) is 10.7. The summed E-state index contributed by atoms with van der Waals surface area (Å²) >= 11 is 1.36. The molecular formula is C22H24F2N4O3S2. The van der Waals surface area contributed by atoms with E-state index in [9.17, 15) is 22.0 Å². The van der Waals surface area contributed by atoms with Crippen molar-refractivity contribution in [2.45, 2.75) is 44.2 Å². The van der Waals surface area contributed by atoms with Gasteiger partial charge in [-0.3, -0.25) is 4.79 Å². The molecule has 0 unspecified atom stereocenters. The average molecular weight is 495 g/mol. The Kier molecular flexibility index (Phi) is 6.91. The van der Waals surface area contributed by atoms with Crippen LogP contribution in [0, 0.1) is 18.6 Å². The third kappa shape index (κ3) is 5.66. The zero-order valence-corrected chi connectivity index (χ0v) is 19.7. The van der Waals surface area contributed by atoms with E-state index in [1.807, 2.05) is 12.3 Å². The largest absolute Gasteiger partial charge is 0.341 e. The molecule has 176 valence electrons. The molecule has 0 radical (unpaired) electrons. The molecule has 4 rings (SSSR count). The van der Waals surface area contributed by atoms with Gasteiger partial charge in [-0.2, -0.15) is 0 Å². The van der Waals surface area contributed by atoms with Crippen molar-refractivity contribution in [3.8, 4) is 10.7 Å². The van der Waals surface area contributed by atoms with Gasteiger partial charge in [0.15, 0.2) is 0 Å². The van der Waals surface area contributed by atoms with E-state index in [0.717, 1.165) is 43.2 Å². The van der Waals surface area contributed by atoms with Crippen molar-refractivity contribution < 1.29 is 22.0 Å². The number of likely N-dealkylation sites (tertiary alicyclic amines) is 1. The molecule has 3 heterocycles. The summed E-state index contributed by atoms with van der Waals surface area (Å²) in [6, 6.07) is 4.33. The smallest absolute Gasteiger partial charge is 0.242 e. The van der Waals surface area contributed by atoms with Crippen LogP contribution in [0.3, 0.4) is 0 Å². The Balaban J connectivity index is 1.60. The van der Waals surface area contributed by atoms with E-state index in [0.29, 0.717) is 23.8 Å². The summed E-state index contributed by atoms with van der Waals surface area (Å²) in [5.41, 5.74) is 1.47. The third-order valence-electron chi connectivity index (χ3n) is 5.42. The van der Waals surface area contributed by atoms with Gasteiger partial charge in [0, 0.05) is 43.0 Å². The average Bonchev–Trinajstić information content (AvgIpc) is 3.39. The van der Waals surface area contributed by atoms with Crippen LogP contribution in [0.2, 0.25) is 0 Å². The highest BCUT2D eigenvalue weighted by Gasteiger charge is 2.23. The van der Waals surface area contributed by atoms with E-state index in [2.05, 4.69) is 9.71 Å². The lowest BCUT2D eigenvalue weighted by molar-refractivity contribution is -0.132. The highest BCUT2D eigenvalue weighted by molar-refractivity contribution is 7.89. The zero-order chi connectivity index (χ0) is 23.6. The number of hydrogen-bond donors (Lipinski definition) is 1. The van der Waals surface area contributed by atoms with Gasteiger partial charge in [0.1, 0.15) is 28.1 Å². The highest BCUT2D eigenvalue weighted by Crippen LogP contribution is 2.28. The van der Waals surface area contributed by atoms with Gasteiger partial charge in [-0.15, -0.1) is 11.3 Å². The number of sulfonamides is 1. The van der Waals surface area contributed by atoms with Crippen LogP contribution < -0.4 is 4.72 Å². The van der Waals surface area contributed by atoms with Crippen LogP contribution in [-0.4, -0.2) is 41.9 Å². The van der Waals surface area contributed by atoms with Gasteiger partial charge in [0.2, 0.25) is 15.9 Å². The van der Waals surface area contributed by atoms with E-state index in [1.54, 1.807) is 9.47 Å². The van der Waals surface area contributed by atoms with E-state index >= 15 is 0 Å². The molecule has 7 nitrogen and oxygen atoms in total. The van der Waals surface area contributed by atoms with Gasteiger partial charge >= 0.3 is 0 Å². The first-order valence-corrected chi connectivity index (χ1v) is 12.9. The molecule has 0 atom stereocenters. The van der Waals surface area contributed by atoms with Gasteiger partial charge in [-0.1, -0.05) is 0 Å². The van der Waals surface area contributed by atoms with Crippen molar-refractivity contribution in [2.24, 2.45) is 0 Å². The van der Waals surface area contributed by atoms with Gasteiger partial charge in [0.25, 0.3) is 0 Å². The predicted octanol–water partition coefficient (Wildman–Crippen LogP) is 3.69. The number of nitrogens with zero attached hydrogens (tertiary/aromatic N) is 3. The molecule has 1 fully saturated rings. The Morgan fingerprint density at radius 1 is 1.12 bits per heavy atom. The molecular weight excluding hydrogens is 470 g/mol. The monoisotopic (exact) mass is 494 g/mol. The Morgan fingerprint density at radius 3 is 2.45 bits per heavy atom. The Hall–Kier alpha value is -2.63. The van der Waals surface area contributed by atoms with Crippen LogP contribution in [0.1, 0.15) is 30.5 Å². The summed E-state index contributed by atoms with van der Waals surface area (Å²) < 4.78 is 56.7. The molecule has 1 saturated heterocycles. The Morgan fingerprint density at radius 2 is 1.82 bits per heavy atom. The lowest BCUT2D eigenvalue weighted by Gasteiger charge is -2.27. The normalized spacial score (nSPS) is 14.6. The molecule has 0 bridgehead atoms. The number of hydrogen-bond acceptors (Lipinski definition) is 5. The number of piperidine rings is 1. The minimum absolute atomic E-state index is 0.00140. The molecule has 1 amide bonds. The van der Waals surface area contributed by atoms with Gasteiger partial charge < -0.3 is 9.47 Å². The first-order valence-electron chi connectivity index (χ1n) is 10.6. The minimum Gasteiger partial charge on any atom is -0.341 e. The van der Waals surface area contributed by atoms with Crippen LogP contribution >= 0.6 is 11.3 Å². The van der Waals surface area contributed by atoms with Crippen molar-refractivity contribution in [1.29, 1.82) is 0 Å². The van der Waals surface area contributed by atoms with E-state index < -0.39 is 21.7 Å². The van der Waals surface area contributed by atoms with Gasteiger partial charge in [-0.25, -0.2) is 26.9 Å². The first-order chi connectivity index (χ1) is 15.7. The number of halogens is 2. The lowest BCUT2D eigenvalue weighted by atomic mass is 10.1. The molecule has 1 aromatic carbocycles. The summed E-state index contributed by atoms with van der Waals surface area (Å²) in [7, 11) is -4.01. The molecule has 0 spiro atoms. The lowest BCUT2D eigenvalue weighted by Crippen LogP contribution is -2.37. The highest BCUT2D eigenvalue weighted by atomic mass is 32.2. The van der Waals surface area contributed by atoms with Crippen molar-refractivity contribution in [2.75, 3.05) is 13.1 Å². The summed E-state index contributed by atoms with van der Waals surface area (Å²) in [5, 5.41) is 2.46. The van der Waals surface area contributed by atoms with Crippen LogP contribution in [0.25, 0.3) is 10.7 Å². The molecule has 3 aromatic rings. The number of rotatable bonds is 7. The number of carbonyl (C=O) groups is 1. The molecule has 11 heteroatoms. The molecule has 1 aliphatic rings. The summed E-state index contributed by atoms with van der Waals surface area (Å²) in [6.45, 7) is 2.95. The number of thiazole rings is 1. The van der Waals surface area contributed by atoms with Crippen LogP contribution in [0.15, 0.2) is 40.7 Å². The van der Waals surface area contributed by atoms with E-state index in [1.165, 1.54) is 23.6 Å². The number of aryl methyl sites for hydroxylation is 1. The topological polar surface area (TPSA) is 84.3 Å². The standard InChI is InChI=1S/C22H24F2N4O3S2/c1-15-14-32-22(26-15)20-10-19(12-28(20)13-21(29)27-5-3-2-4-6-27)33(30,31)25-11-16-7-17(23)9-18(24)8-16/h7-10,12,14,25H,2-6,11,13H2,1H3. The van der Waals surface area contributed by atoms with Gasteiger partial charge in [0.05, 0.1) is 5.69 Å². The summed E-state index contributed by atoms with van der Waals surface area (Å²) in [6.07, 6.45) is 4.42. The van der Waals surface area contributed by atoms with Crippen molar-refractivity contribution >= 4 is 27.3 Å². The second kappa shape index (κ2) is 9.70. The number of carbonyl (C=O) groups excluding carboxylic acids is 1. The zero-order valence-electron chi connectivity index (χ0n) is 18.1. The molecule has 33 heavy (non-hydrogen) atoms. The predicted molar refractivity (Wildman–Crippen MR) is 121 cm³/mol. The van der Waals surface area contributed by atoms with Crippen LogP contribution in [0.5, 0.6) is 0 Å². The van der Waals surface area contributed by atoms with Crippen molar-refractivity contribution in [1.82, 2.24) is 19.2 Å². The maximum atomic E-state index is 13.4. The van der Waals surface area contributed by atoms with E-state index in [4.69, 9.17) is 0 Å². The third-order valence-corrected chi connectivity index (χ3v) is 7.77. The van der Waals surface area contributed by atoms with Crippen molar-refractivity contribution in [3.63, 3.8) is 0 Å². The molecule has 1 N–H and O–H groups in total. The number of aromatic nitrogens is 2. The Labute approximate surface area is 195 Å². The summed E-state index contributed by atoms with van der Waals surface area (Å²) in [4.78, 5) is 19.0. The van der Waals surface area contributed by atoms with Crippen molar-refractivity contribution in [3.05, 3.63) is 58.7 Å². The fraction of sp³-hybridized carbons (Fsp3) is 0.364. The second-order valence-electron chi connectivity index (χ2n) is 8.03. The molecule has 2 aromatic heterocycles. The van der Waals surface area contributed by atoms with Crippen LogP contribution in [0.4, 0.5) is 8.78 Å². The number of nitrogens with one attached hydrogen (secondary N) is 1. The maximum Gasteiger partial charge on any atom is 0.242 e. The fourth-order valence-corrected chi connectivity index (χ4v) is 5.66. The summed E-state index contributed by atoms with van der Waals surface area (Å²) in [5.74, 6) is -1.65. The molecule has 1 aliphatic heterocycles. The quantitative estimate of drug-likeness (QED) is 0.543. The van der Waals surface area contributed by atoms with Crippen LogP contribution in [-0.2, 0) is 27.9 Å². The number of amides is 1. The Bertz CT molecular complexity index is 1240. The fourth-order valence-electron chi connectivity index (χ4n) is 3.78. The molecule has 0 aliphatic carbocycles.